The van der Waals surface area contributed by atoms with Crippen molar-refractivity contribution in [2.45, 2.75) is 38.8 Å². The van der Waals surface area contributed by atoms with Crippen LogP contribution in [0.5, 0.6) is 11.5 Å². The molecule has 0 spiro atoms. The normalized spacial score (nSPS) is 20.3. The largest absolute Gasteiger partial charge is 0.504 e. The molecule has 0 aromatic heterocycles. The Kier molecular flexibility index (Phi) is 5.26. The van der Waals surface area contributed by atoms with Gasteiger partial charge in [-0.1, -0.05) is 13.0 Å². The maximum atomic E-state index is 9.68. The van der Waals surface area contributed by atoms with Gasteiger partial charge < -0.3 is 14.6 Å². The van der Waals surface area contributed by atoms with Gasteiger partial charge in [-0.3, -0.25) is 4.90 Å². The van der Waals surface area contributed by atoms with Gasteiger partial charge in [-0.05, 0) is 44.0 Å². The van der Waals surface area contributed by atoms with Crippen LogP contribution in [0.25, 0.3) is 0 Å². The Hall–Kier alpha value is -1.26. The molecule has 4 heteroatoms. The lowest BCUT2D eigenvalue weighted by Gasteiger charge is -2.30. The Labute approximate surface area is 121 Å². The lowest BCUT2D eigenvalue weighted by atomic mass is 10.1. The number of aromatic hydroxyl groups is 1. The Morgan fingerprint density at radius 1 is 1.50 bits per heavy atom. The number of rotatable bonds is 6. The zero-order chi connectivity index (χ0) is 14.5. The molecular weight excluding hydrogens is 254 g/mol. The van der Waals surface area contributed by atoms with Crippen molar-refractivity contribution in [2.24, 2.45) is 0 Å². The second kappa shape index (κ2) is 6.95. The van der Waals surface area contributed by atoms with E-state index in [9.17, 15) is 5.11 Å². The molecule has 4 nitrogen and oxygen atoms in total. The number of nitrogens with zero attached hydrogens (tertiary/aromatic N) is 1. The van der Waals surface area contributed by atoms with Gasteiger partial charge in [0.15, 0.2) is 11.5 Å². The number of hydrogen-bond donors (Lipinski definition) is 1. The highest BCUT2D eigenvalue weighted by Crippen LogP contribution is 2.31. The molecule has 1 fully saturated rings. The van der Waals surface area contributed by atoms with Gasteiger partial charge in [0.2, 0.25) is 0 Å². The average Bonchev–Trinajstić information content (AvgIpc) is 2.97. The summed E-state index contributed by atoms with van der Waals surface area (Å²) in [4.78, 5) is 2.40. The van der Waals surface area contributed by atoms with Gasteiger partial charge in [0, 0.05) is 19.2 Å². The second-order valence-corrected chi connectivity index (χ2v) is 5.33. The highest BCUT2D eigenvalue weighted by atomic mass is 16.5. The fourth-order valence-electron chi connectivity index (χ4n) is 2.78. The molecule has 1 heterocycles. The van der Waals surface area contributed by atoms with Crippen LogP contribution in [0.4, 0.5) is 0 Å². The molecule has 2 atom stereocenters. The molecule has 1 aliphatic rings. The Balaban J connectivity index is 2.08. The van der Waals surface area contributed by atoms with Gasteiger partial charge in [-0.25, -0.2) is 0 Å². The summed E-state index contributed by atoms with van der Waals surface area (Å²) in [5, 5.41) is 9.68. The third-order valence-corrected chi connectivity index (χ3v) is 4.10. The Morgan fingerprint density at radius 3 is 2.90 bits per heavy atom. The standard InChI is InChI=1S/C16H25NO3/c1-4-17(11-14-6-5-9-20-14)12(2)13-7-8-15(18)16(10-13)19-3/h7-8,10,12,14,18H,4-6,9,11H2,1-3H3. The second-order valence-electron chi connectivity index (χ2n) is 5.33. The number of phenolic OH excluding ortho intramolecular Hbond substituents is 1. The van der Waals surface area contributed by atoms with Gasteiger partial charge >= 0.3 is 0 Å². The monoisotopic (exact) mass is 279 g/mol. The molecular formula is C16H25NO3. The molecule has 1 aliphatic heterocycles. The van der Waals surface area contributed by atoms with E-state index in [1.165, 1.54) is 6.42 Å². The summed E-state index contributed by atoms with van der Waals surface area (Å²) in [5.41, 5.74) is 1.15. The zero-order valence-electron chi connectivity index (χ0n) is 12.6. The van der Waals surface area contributed by atoms with Crippen molar-refractivity contribution in [2.75, 3.05) is 26.8 Å². The number of ether oxygens (including phenoxy) is 2. The molecule has 1 N–H and O–H groups in total. The van der Waals surface area contributed by atoms with E-state index < -0.39 is 0 Å². The molecule has 2 rings (SSSR count). The van der Waals surface area contributed by atoms with Crippen LogP contribution in [0.3, 0.4) is 0 Å². The third-order valence-electron chi connectivity index (χ3n) is 4.10. The van der Waals surface area contributed by atoms with Crippen LogP contribution in [-0.4, -0.2) is 42.9 Å². The van der Waals surface area contributed by atoms with E-state index in [2.05, 4.69) is 18.7 Å². The first-order valence-corrected chi connectivity index (χ1v) is 7.38. The van der Waals surface area contributed by atoms with Crippen molar-refractivity contribution < 1.29 is 14.6 Å². The summed E-state index contributed by atoms with van der Waals surface area (Å²) in [6.45, 7) is 7.18. The minimum atomic E-state index is 0.186. The van der Waals surface area contributed by atoms with Crippen LogP contribution in [0.15, 0.2) is 18.2 Å². The highest BCUT2D eigenvalue weighted by Gasteiger charge is 2.22. The average molecular weight is 279 g/mol. The molecule has 1 saturated heterocycles. The molecule has 20 heavy (non-hydrogen) atoms. The lowest BCUT2D eigenvalue weighted by Crippen LogP contribution is -2.34. The van der Waals surface area contributed by atoms with Crippen molar-refractivity contribution in [3.8, 4) is 11.5 Å². The van der Waals surface area contributed by atoms with E-state index in [1.807, 2.05) is 12.1 Å². The number of likely N-dealkylation sites (N-methyl/N-ethyl adjacent to an activating group) is 1. The molecule has 0 bridgehead atoms. The van der Waals surface area contributed by atoms with E-state index in [1.54, 1.807) is 13.2 Å². The Morgan fingerprint density at radius 2 is 2.30 bits per heavy atom. The van der Waals surface area contributed by atoms with Crippen molar-refractivity contribution in [3.05, 3.63) is 23.8 Å². The van der Waals surface area contributed by atoms with Gasteiger partial charge in [0.1, 0.15) is 0 Å². The molecule has 112 valence electrons. The molecule has 0 amide bonds. The number of phenols is 1. The van der Waals surface area contributed by atoms with Gasteiger partial charge in [0.05, 0.1) is 13.2 Å². The van der Waals surface area contributed by atoms with Crippen molar-refractivity contribution in [3.63, 3.8) is 0 Å². The van der Waals surface area contributed by atoms with E-state index in [-0.39, 0.29) is 11.8 Å². The molecule has 1 aromatic carbocycles. The van der Waals surface area contributed by atoms with E-state index in [0.29, 0.717) is 11.9 Å². The van der Waals surface area contributed by atoms with Crippen molar-refractivity contribution in [1.82, 2.24) is 4.90 Å². The summed E-state index contributed by atoms with van der Waals surface area (Å²) in [6, 6.07) is 5.85. The molecule has 0 saturated carbocycles. The van der Waals surface area contributed by atoms with Gasteiger partial charge in [-0.2, -0.15) is 0 Å². The topological polar surface area (TPSA) is 41.9 Å². The maximum absolute atomic E-state index is 9.68. The third kappa shape index (κ3) is 3.44. The summed E-state index contributed by atoms with van der Waals surface area (Å²) >= 11 is 0. The SMILES string of the molecule is CCN(CC1CCCO1)C(C)c1ccc(O)c(OC)c1. The summed E-state index contributed by atoms with van der Waals surface area (Å²) in [6.07, 6.45) is 2.68. The first kappa shape index (κ1) is 15.1. The van der Waals surface area contributed by atoms with Crippen molar-refractivity contribution >= 4 is 0 Å². The summed E-state index contributed by atoms with van der Waals surface area (Å²) in [5.74, 6) is 0.716. The molecule has 2 unspecified atom stereocenters. The zero-order valence-corrected chi connectivity index (χ0v) is 12.6. The molecule has 1 aromatic rings. The predicted molar refractivity (Wildman–Crippen MR) is 79.3 cm³/mol. The quantitative estimate of drug-likeness (QED) is 0.869. The van der Waals surface area contributed by atoms with Crippen LogP contribution < -0.4 is 4.74 Å². The molecule has 0 aliphatic carbocycles. The van der Waals surface area contributed by atoms with Crippen LogP contribution in [-0.2, 0) is 4.74 Å². The van der Waals surface area contributed by atoms with Crippen molar-refractivity contribution in [1.29, 1.82) is 0 Å². The van der Waals surface area contributed by atoms with Gasteiger partial charge in [0.25, 0.3) is 0 Å². The number of methoxy groups -OCH3 is 1. The highest BCUT2D eigenvalue weighted by molar-refractivity contribution is 5.42. The smallest absolute Gasteiger partial charge is 0.160 e. The van der Waals surface area contributed by atoms with Crippen LogP contribution in [0, 0.1) is 0 Å². The predicted octanol–water partition coefficient (Wildman–Crippen LogP) is 2.96. The first-order valence-electron chi connectivity index (χ1n) is 7.38. The van der Waals surface area contributed by atoms with Crippen LogP contribution >= 0.6 is 0 Å². The minimum absolute atomic E-state index is 0.186. The van der Waals surface area contributed by atoms with Crippen LogP contribution in [0.2, 0.25) is 0 Å². The molecule has 0 radical (unpaired) electrons. The van der Waals surface area contributed by atoms with E-state index in [4.69, 9.17) is 9.47 Å². The van der Waals surface area contributed by atoms with E-state index >= 15 is 0 Å². The minimum Gasteiger partial charge on any atom is -0.504 e. The lowest BCUT2D eigenvalue weighted by molar-refractivity contribution is 0.0618. The van der Waals surface area contributed by atoms with Gasteiger partial charge in [-0.15, -0.1) is 0 Å². The fourth-order valence-corrected chi connectivity index (χ4v) is 2.78. The fraction of sp³-hybridized carbons (Fsp3) is 0.625. The summed E-state index contributed by atoms with van der Waals surface area (Å²) < 4.78 is 10.9. The summed E-state index contributed by atoms with van der Waals surface area (Å²) in [7, 11) is 1.58. The van der Waals surface area contributed by atoms with Crippen LogP contribution in [0.1, 0.15) is 38.3 Å². The Bertz CT molecular complexity index is 430. The van der Waals surface area contributed by atoms with E-state index in [0.717, 1.165) is 31.7 Å². The first-order chi connectivity index (χ1) is 9.65. The maximum Gasteiger partial charge on any atom is 0.160 e. The number of benzene rings is 1. The number of hydrogen-bond acceptors (Lipinski definition) is 4.